The number of nitro groups is 1. The van der Waals surface area contributed by atoms with E-state index in [9.17, 15) is 14.9 Å². The van der Waals surface area contributed by atoms with Crippen LogP contribution in [0.1, 0.15) is 19.4 Å². The van der Waals surface area contributed by atoms with Crippen molar-refractivity contribution in [2.75, 3.05) is 44.7 Å². The first-order valence-corrected chi connectivity index (χ1v) is 8.04. The zero-order valence-electron chi connectivity index (χ0n) is 14.3. The molecular formula is C17H23N3O4. The largest absolute Gasteiger partial charge is 0.466 e. The summed E-state index contributed by atoms with van der Waals surface area (Å²) in [6.07, 6.45) is 1.68. The monoisotopic (exact) mass is 333 g/mol. The van der Waals surface area contributed by atoms with Gasteiger partial charge >= 0.3 is 5.97 Å². The van der Waals surface area contributed by atoms with Gasteiger partial charge in [0.1, 0.15) is 0 Å². The SMILES string of the molecule is CCN(CC)CCN1CC(C(=O)OC)=Cc2cc([N+](=O)[O-])ccc21. The van der Waals surface area contributed by atoms with Crippen LogP contribution in [0.4, 0.5) is 11.4 Å². The number of non-ortho nitro benzene ring substituents is 1. The molecule has 0 radical (unpaired) electrons. The Labute approximate surface area is 141 Å². The van der Waals surface area contributed by atoms with E-state index in [1.54, 1.807) is 12.1 Å². The van der Waals surface area contributed by atoms with Crippen molar-refractivity contribution in [3.05, 3.63) is 39.4 Å². The molecule has 0 amide bonds. The number of carbonyl (C=O) groups excluding carboxylic acids is 1. The van der Waals surface area contributed by atoms with E-state index in [1.807, 2.05) is 0 Å². The Morgan fingerprint density at radius 1 is 1.38 bits per heavy atom. The predicted octanol–water partition coefficient (Wildman–Crippen LogP) is 2.31. The van der Waals surface area contributed by atoms with Crippen LogP contribution in [0.3, 0.4) is 0 Å². The maximum Gasteiger partial charge on any atom is 0.335 e. The Morgan fingerprint density at radius 2 is 2.08 bits per heavy atom. The zero-order valence-corrected chi connectivity index (χ0v) is 14.3. The highest BCUT2D eigenvalue weighted by Gasteiger charge is 2.24. The van der Waals surface area contributed by atoms with Crippen LogP contribution in [0.5, 0.6) is 0 Å². The molecule has 0 saturated heterocycles. The van der Waals surface area contributed by atoms with Crippen molar-refractivity contribution in [3.63, 3.8) is 0 Å². The van der Waals surface area contributed by atoms with E-state index in [1.165, 1.54) is 19.2 Å². The molecule has 1 aliphatic rings. The van der Waals surface area contributed by atoms with Crippen molar-refractivity contribution in [1.82, 2.24) is 4.90 Å². The number of likely N-dealkylation sites (N-methyl/N-ethyl adjacent to an activating group) is 1. The van der Waals surface area contributed by atoms with Crippen LogP contribution < -0.4 is 4.90 Å². The Hall–Kier alpha value is -2.41. The minimum atomic E-state index is -0.430. The Morgan fingerprint density at radius 3 is 2.67 bits per heavy atom. The molecule has 0 saturated carbocycles. The van der Waals surface area contributed by atoms with E-state index >= 15 is 0 Å². The number of nitrogens with zero attached hydrogens (tertiary/aromatic N) is 3. The number of benzene rings is 1. The van der Waals surface area contributed by atoms with Gasteiger partial charge in [-0.1, -0.05) is 13.8 Å². The average Bonchev–Trinajstić information content (AvgIpc) is 2.60. The first kappa shape index (κ1) is 17.9. The number of esters is 1. The van der Waals surface area contributed by atoms with Crippen molar-refractivity contribution >= 4 is 23.4 Å². The van der Waals surface area contributed by atoms with Crippen LogP contribution in [-0.2, 0) is 9.53 Å². The summed E-state index contributed by atoms with van der Waals surface area (Å²) in [6, 6.07) is 4.75. The highest BCUT2D eigenvalue weighted by molar-refractivity contribution is 5.97. The van der Waals surface area contributed by atoms with Crippen molar-refractivity contribution < 1.29 is 14.5 Å². The third-order valence-corrected chi connectivity index (χ3v) is 4.28. The molecule has 0 aliphatic carbocycles. The number of hydrogen-bond acceptors (Lipinski definition) is 6. The first-order valence-electron chi connectivity index (χ1n) is 8.04. The number of hydrogen-bond donors (Lipinski definition) is 0. The van der Waals surface area contributed by atoms with Gasteiger partial charge in [-0.05, 0) is 25.2 Å². The summed E-state index contributed by atoms with van der Waals surface area (Å²) >= 11 is 0. The molecule has 1 aliphatic heterocycles. The number of methoxy groups -OCH3 is 1. The lowest BCUT2D eigenvalue weighted by molar-refractivity contribution is -0.384. The lowest BCUT2D eigenvalue weighted by Gasteiger charge is -2.32. The second kappa shape index (κ2) is 7.92. The Bertz CT molecular complexity index is 653. The molecular weight excluding hydrogens is 310 g/mol. The number of nitro benzene ring substituents is 1. The first-order chi connectivity index (χ1) is 11.5. The molecule has 1 aromatic carbocycles. The van der Waals surface area contributed by atoms with Gasteiger partial charge < -0.3 is 14.5 Å². The Kier molecular flexibility index (Phi) is 5.92. The van der Waals surface area contributed by atoms with Crippen LogP contribution >= 0.6 is 0 Å². The van der Waals surface area contributed by atoms with E-state index < -0.39 is 10.9 Å². The normalized spacial score (nSPS) is 13.5. The topological polar surface area (TPSA) is 75.9 Å². The van der Waals surface area contributed by atoms with Crippen LogP contribution in [-0.4, -0.2) is 55.6 Å². The van der Waals surface area contributed by atoms with Gasteiger partial charge in [0, 0.05) is 36.5 Å². The van der Waals surface area contributed by atoms with E-state index in [4.69, 9.17) is 4.74 Å². The van der Waals surface area contributed by atoms with Gasteiger partial charge in [0.05, 0.1) is 24.2 Å². The smallest absolute Gasteiger partial charge is 0.335 e. The quantitative estimate of drug-likeness (QED) is 0.433. The second-order valence-electron chi connectivity index (χ2n) is 5.61. The van der Waals surface area contributed by atoms with Crippen molar-refractivity contribution in [2.45, 2.75) is 13.8 Å². The zero-order chi connectivity index (χ0) is 17.7. The van der Waals surface area contributed by atoms with Crippen molar-refractivity contribution in [2.24, 2.45) is 0 Å². The summed E-state index contributed by atoms with van der Waals surface area (Å²) in [5.41, 5.74) is 2.10. The molecule has 7 nitrogen and oxygen atoms in total. The molecule has 0 N–H and O–H groups in total. The second-order valence-corrected chi connectivity index (χ2v) is 5.61. The fraction of sp³-hybridized carbons (Fsp3) is 0.471. The minimum Gasteiger partial charge on any atom is -0.466 e. The number of anilines is 1. The lowest BCUT2D eigenvalue weighted by atomic mass is 10.0. The summed E-state index contributed by atoms with van der Waals surface area (Å²) in [5.74, 6) is -0.403. The predicted molar refractivity (Wildman–Crippen MR) is 93.1 cm³/mol. The van der Waals surface area contributed by atoms with Crippen LogP contribution in [0, 0.1) is 10.1 Å². The molecule has 0 atom stereocenters. The molecule has 0 spiro atoms. The van der Waals surface area contributed by atoms with Gasteiger partial charge in [0.15, 0.2) is 0 Å². The van der Waals surface area contributed by atoms with E-state index in [2.05, 4.69) is 23.6 Å². The van der Waals surface area contributed by atoms with Crippen LogP contribution in [0.15, 0.2) is 23.8 Å². The van der Waals surface area contributed by atoms with Gasteiger partial charge in [-0.25, -0.2) is 4.79 Å². The summed E-state index contributed by atoms with van der Waals surface area (Å²) in [4.78, 5) is 26.9. The lowest BCUT2D eigenvalue weighted by Crippen LogP contribution is -2.38. The maximum atomic E-state index is 11.9. The summed E-state index contributed by atoms with van der Waals surface area (Å²) in [7, 11) is 1.34. The molecule has 7 heteroatoms. The van der Waals surface area contributed by atoms with Gasteiger partial charge in [0.25, 0.3) is 5.69 Å². The number of carbonyl (C=O) groups is 1. The standard InChI is InChI=1S/C17H23N3O4/c1-4-18(5-2)8-9-19-12-14(17(21)24-3)10-13-11-15(20(22)23)6-7-16(13)19/h6-7,10-11H,4-5,8-9,12H2,1-3H3. The van der Waals surface area contributed by atoms with E-state index in [-0.39, 0.29) is 5.69 Å². The summed E-state index contributed by atoms with van der Waals surface area (Å²) in [5, 5.41) is 11.0. The summed E-state index contributed by atoms with van der Waals surface area (Å²) < 4.78 is 4.82. The molecule has 0 aromatic heterocycles. The molecule has 0 bridgehead atoms. The number of rotatable bonds is 7. The third-order valence-electron chi connectivity index (χ3n) is 4.28. The van der Waals surface area contributed by atoms with E-state index in [0.29, 0.717) is 17.7 Å². The average molecular weight is 333 g/mol. The van der Waals surface area contributed by atoms with Crippen LogP contribution in [0.2, 0.25) is 0 Å². The fourth-order valence-corrected chi connectivity index (χ4v) is 2.84. The van der Waals surface area contributed by atoms with Crippen LogP contribution in [0.25, 0.3) is 6.08 Å². The van der Waals surface area contributed by atoms with Gasteiger partial charge in [-0.15, -0.1) is 0 Å². The van der Waals surface area contributed by atoms with Crippen molar-refractivity contribution in [3.8, 4) is 0 Å². The third kappa shape index (κ3) is 3.91. The minimum absolute atomic E-state index is 0.0137. The highest BCUT2D eigenvalue weighted by atomic mass is 16.6. The van der Waals surface area contributed by atoms with Gasteiger partial charge in [-0.2, -0.15) is 0 Å². The van der Waals surface area contributed by atoms with Gasteiger partial charge in [-0.3, -0.25) is 10.1 Å². The molecule has 130 valence electrons. The van der Waals surface area contributed by atoms with E-state index in [0.717, 1.165) is 31.9 Å². The molecule has 1 heterocycles. The molecule has 0 unspecified atom stereocenters. The number of ether oxygens (including phenoxy) is 1. The number of fused-ring (bicyclic) bond motifs is 1. The molecule has 2 rings (SSSR count). The fourth-order valence-electron chi connectivity index (χ4n) is 2.84. The van der Waals surface area contributed by atoms with Gasteiger partial charge in [0.2, 0.25) is 0 Å². The van der Waals surface area contributed by atoms with Crippen molar-refractivity contribution in [1.29, 1.82) is 0 Å². The maximum absolute atomic E-state index is 11.9. The highest BCUT2D eigenvalue weighted by Crippen LogP contribution is 2.32. The Balaban J connectivity index is 2.32. The molecule has 24 heavy (non-hydrogen) atoms. The summed E-state index contributed by atoms with van der Waals surface area (Å²) in [6.45, 7) is 8.17. The molecule has 1 aromatic rings. The molecule has 0 fully saturated rings.